The molecule has 5 rings (SSSR count). The number of hydrogen-bond acceptors (Lipinski definition) is 2. The van der Waals surface area contributed by atoms with Crippen LogP contribution in [0.3, 0.4) is 0 Å². The van der Waals surface area contributed by atoms with Crippen LogP contribution in [0.1, 0.15) is 60.4 Å². The number of benzene rings is 3. The van der Waals surface area contributed by atoms with Gasteiger partial charge in [-0.2, -0.15) is 0 Å². The van der Waals surface area contributed by atoms with Crippen molar-refractivity contribution in [1.82, 2.24) is 15.2 Å². The van der Waals surface area contributed by atoms with Gasteiger partial charge in [-0.15, -0.1) is 0 Å². The van der Waals surface area contributed by atoms with E-state index in [2.05, 4.69) is 57.8 Å². The van der Waals surface area contributed by atoms with Crippen molar-refractivity contribution in [3.05, 3.63) is 96.2 Å². The Kier molecular flexibility index (Phi) is 8.14. The summed E-state index contributed by atoms with van der Waals surface area (Å²) in [6, 6.07) is 26.8. The van der Waals surface area contributed by atoms with Crippen molar-refractivity contribution >= 4 is 16.8 Å². The lowest BCUT2D eigenvalue weighted by Gasteiger charge is -2.32. The number of carbonyl (C=O) groups excluding carboxylic acids is 1. The summed E-state index contributed by atoms with van der Waals surface area (Å²) in [5, 5.41) is 4.47. The van der Waals surface area contributed by atoms with Crippen LogP contribution >= 0.6 is 0 Å². The Morgan fingerprint density at radius 3 is 2.31 bits per heavy atom. The van der Waals surface area contributed by atoms with Crippen molar-refractivity contribution in [3.8, 4) is 11.1 Å². The molecule has 0 bridgehead atoms. The fraction of sp³-hybridized carbons (Fsp3) is 0.344. The molecule has 0 atom stereocenters. The first kappa shape index (κ1) is 24.3. The van der Waals surface area contributed by atoms with Crippen LogP contribution < -0.4 is 5.32 Å². The molecule has 2 N–H and O–H groups in total. The number of rotatable bonds is 10. The third-order valence-electron chi connectivity index (χ3n) is 7.59. The normalized spacial score (nSPS) is 14.8. The van der Waals surface area contributed by atoms with Crippen molar-refractivity contribution in [3.63, 3.8) is 0 Å². The summed E-state index contributed by atoms with van der Waals surface area (Å²) in [4.78, 5) is 18.5. The van der Waals surface area contributed by atoms with Crippen LogP contribution in [0.2, 0.25) is 0 Å². The van der Waals surface area contributed by atoms with E-state index in [-0.39, 0.29) is 5.91 Å². The Morgan fingerprint density at radius 2 is 1.50 bits per heavy atom. The fourth-order valence-corrected chi connectivity index (χ4v) is 5.46. The Labute approximate surface area is 214 Å². The van der Waals surface area contributed by atoms with Crippen LogP contribution in [0.4, 0.5) is 0 Å². The van der Waals surface area contributed by atoms with Crippen molar-refractivity contribution in [2.75, 3.05) is 26.2 Å². The molecule has 1 aromatic heterocycles. The molecule has 1 aliphatic rings. The molecule has 4 nitrogen and oxygen atoms in total. The summed E-state index contributed by atoms with van der Waals surface area (Å²) in [5.74, 6) is 0.697. The lowest BCUT2D eigenvalue weighted by Crippen LogP contribution is -2.33. The number of nitrogens with zero attached hydrogens (tertiary/aromatic N) is 1. The molecule has 1 amide bonds. The van der Waals surface area contributed by atoms with E-state index in [0.717, 1.165) is 24.1 Å². The van der Waals surface area contributed by atoms with Gasteiger partial charge in [0.25, 0.3) is 5.91 Å². The Hall–Kier alpha value is -3.37. The second-order valence-electron chi connectivity index (χ2n) is 10.0. The minimum Gasteiger partial charge on any atom is -0.361 e. The van der Waals surface area contributed by atoms with Gasteiger partial charge < -0.3 is 15.2 Å². The summed E-state index contributed by atoms with van der Waals surface area (Å²) in [5.41, 5.74) is 5.79. The van der Waals surface area contributed by atoms with E-state index in [1.165, 1.54) is 73.8 Å². The van der Waals surface area contributed by atoms with E-state index in [1.54, 1.807) is 0 Å². The van der Waals surface area contributed by atoms with Crippen LogP contribution in [-0.2, 0) is 0 Å². The zero-order valence-electron chi connectivity index (χ0n) is 21.1. The van der Waals surface area contributed by atoms with Crippen LogP contribution in [0.25, 0.3) is 22.0 Å². The predicted molar refractivity (Wildman–Crippen MR) is 149 cm³/mol. The summed E-state index contributed by atoms with van der Waals surface area (Å²) in [6.07, 6.45) is 9.40. The van der Waals surface area contributed by atoms with Gasteiger partial charge in [0, 0.05) is 29.2 Å². The highest BCUT2D eigenvalue weighted by molar-refractivity contribution is 5.94. The van der Waals surface area contributed by atoms with Gasteiger partial charge in [-0.25, -0.2) is 0 Å². The molecule has 4 aromatic rings. The third-order valence-corrected chi connectivity index (χ3v) is 7.59. The maximum absolute atomic E-state index is 12.5. The molecule has 3 aromatic carbocycles. The van der Waals surface area contributed by atoms with Crippen molar-refractivity contribution in [1.29, 1.82) is 0 Å². The van der Waals surface area contributed by atoms with Gasteiger partial charge in [0.1, 0.15) is 0 Å². The minimum absolute atomic E-state index is 0.0210. The first-order valence-electron chi connectivity index (χ1n) is 13.5. The fourth-order valence-electron chi connectivity index (χ4n) is 5.46. The molecular formula is C32H37N3O. The average molecular weight is 480 g/mol. The number of para-hydroxylation sites is 1. The number of nitrogens with one attached hydrogen (secondary N) is 2. The minimum atomic E-state index is 0.0210. The number of carbonyl (C=O) groups is 1. The van der Waals surface area contributed by atoms with Gasteiger partial charge >= 0.3 is 0 Å². The Balaban J connectivity index is 0.945. The molecule has 0 saturated carbocycles. The zero-order chi connectivity index (χ0) is 24.6. The van der Waals surface area contributed by atoms with Crippen molar-refractivity contribution < 1.29 is 4.79 Å². The predicted octanol–water partition coefficient (Wildman–Crippen LogP) is 7.00. The van der Waals surface area contributed by atoms with Crippen molar-refractivity contribution in [2.45, 2.75) is 44.4 Å². The number of likely N-dealkylation sites (tertiary alicyclic amines) is 1. The first-order valence-corrected chi connectivity index (χ1v) is 13.5. The smallest absolute Gasteiger partial charge is 0.251 e. The Morgan fingerprint density at radius 1 is 0.806 bits per heavy atom. The van der Waals surface area contributed by atoms with Crippen LogP contribution in [-0.4, -0.2) is 42.0 Å². The molecule has 0 spiro atoms. The second-order valence-corrected chi connectivity index (χ2v) is 10.0. The van der Waals surface area contributed by atoms with Crippen LogP contribution in [0.5, 0.6) is 0 Å². The molecule has 4 heteroatoms. The van der Waals surface area contributed by atoms with Gasteiger partial charge in [0.2, 0.25) is 0 Å². The summed E-state index contributed by atoms with van der Waals surface area (Å²) in [6.45, 7) is 4.34. The summed E-state index contributed by atoms with van der Waals surface area (Å²) >= 11 is 0. The van der Waals surface area contributed by atoms with Gasteiger partial charge in [0.05, 0.1) is 0 Å². The number of aromatic amines is 1. The monoisotopic (exact) mass is 479 g/mol. The molecule has 1 fully saturated rings. The number of amides is 1. The summed E-state index contributed by atoms with van der Waals surface area (Å²) < 4.78 is 0. The lowest BCUT2D eigenvalue weighted by molar-refractivity contribution is 0.0953. The Bertz CT molecular complexity index is 1240. The van der Waals surface area contributed by atoms with Gasteiger partial charge in [-0.3, -0.25) is 4.79 Å². The molecular weight excluding hydrogens is 442 g/mol. The quantitative estimate of drug-likeness (QED) is 0.241. The molecule has 0 unspecified atom stereocenters. The number of aromatic nitrogens is 1. The SMILES string of the molecule is O=C(NCCCCCCN1CCC(c2c[nH]c3ccccc23)CC1)c1ccc(-c2ccccc2)cc1. The highest BCUT2D eigenvalue weighted by atomic mass is 16.1. The molecule has 36 heavy (non-hydrogen) atoms. The van der Waals surface area contributed by atoms with Gasteiger partial charge in [-0.05, 0) is 86.1 Å². The van der Waals surface area contributed by atoms with Gasteiger partial charge in [-0.1, -0.05) is 73.5 Å². The average Bonchev–Trinajstić information content (AvgIpc) is 3.37. The van der Waals surface area contributed by atoms with E-state index >= 15 is 0 Å². The number of unbranched alkanes of at least 4 members (excludes halogenated alkanes) is 3. The third kappa shape index (κ3) is 6.06. The topological polar surface area (TPSA) is 48.1 Å². The number of hydrogen-bond donors (Lipinski definition) is 2. The number of fused-ring (bicyclic) bond motifs is 1. The summed E-state index contributed by atoms with van der Waals surface area (Å²) in [7, 11) is 0. The van der Waals surface area contributed by atoms with Crippen LogP contribution in [0.15, 0.2) is 85.1 Å². The highest BCUT2D eigenvalue weighted by Gasteiger charge is 2.22. The van der Waals surface area contributed by atoms with Crippen LogP contribution in [0, 0.1) is 0 Å². The second kappa shape index (κ2) is 12.0. The van der Waals surface area contributed by atoms with E-state index < -0.39 is 0 Å². The molecule has 1 saturated heterocycles. The highest BCUT2D eigenvalue weighted by Crippen LogP contribution is 2.33. The number of H-pyrrole nitrogens is 1. The van der Waals surface area contributed by atoms with E-state index in [9.17, 15) is 4.79 Å². The standard InChI is InChI=1S/C32H37N3O/c36-32(28-16-14-26(15-17-28)25-10-4-3-5-11-25)33-20-8-1-2-9-21-35-22-18-27(19-23-35)30-24-34-31-13-7-6-12-29(30)31/h3-7,10-17,24,27,34H,1-2,8-9,18-23H2,(H,33,36). The van der Waals surface area contributed by atoms with E-state index in [1.807, 2.05) is 42.5 Å². The maximum Gasteiger partial charge on any atom is 0.251 e. The molecule has 1 aliphatic heterocycles. The first-order chi connectivity index (χ1) is 17.8. The van der Waals surface area contributed by atoms with E-state index in [0.29, 0.717) is 5.92 Å². The zero-order valence-corrected chi connectivity index (χ0v) is 21.1. The molecule has 186 valence electrons. The maximum atomic E-state index is 12.5. The largest absolute Gasteiger partial charge is 0.361 e. The van der Waals surface area contributed by atoms with E-state index in [4.69, 9.17) is 0 Å². The van der Waals surface area contributed by atoms with Crippen molar-refractivity contribution in [2.24, 2.45) is 0 Å². The number of piperidine rings is 1. The molecule has 0 aliphatic carbocycles. The molecule has 2 heterocycles. The van der Waals surface area contributed by atoms with Gasteiger partial charge in [0.15, 0.2) is 0 Å². The molecule has 0 radical (unpaired) electrons. The lowest BCUT2D eigenvalue weighted by atomic mass is 9.89.